The van der Waals surface area contributed by atoms with E-state index in [2.05, 4.69) is 29.3 Å². The predicted molar refractivity (Wildman–Crippen MR) is 84.9 cm³/mol. The van der Waals surface area contributed by atoms with Crippen molar-refractivity contribution in [3.63, 3.8) is 0 Å². The molecule has 3 heteroatoms. The van der Waals surface area contributed by atoms with Gasteiger partial charge in [-0.05, 0) is 67.8 Å². The molecule has 2 fully saturated rings. The number of aryl methyl sites for hydroxylation is 1. The Morgan fingerprint density at radius 1 is 1.33 bits per heavy atom. The van der Waals surface area contributed by atoms with Crippen LogP contribution < -0.4 is 10.1 Å². The first kappa shape index (κ1) is 13.6. The van der Waals surface area contributed by atoms with Gasteiger partial charge in [0.05, 0.1) is 7.11 Å². The van der Waals surface area contributed by atoms with Crippen molar-refractivity contribution in [1.29, 1.82) is 0 Å². The average molecular weight is 286 g/mol. The second-order valence-corrected chi connectivity index (χ2v) is 6.98. The van der Waals surface area contributed by atoms with Crippen LogP contribution >= 0.6 is 0 Å². The minimum Gasteiger partial charge on any atom is -0.496 e. The van der Waals surface area contributed by atoms with Crippen LogP contribution in [0.2, 0.25) is 0 Å². The zero-order valence-corrected chi connectivity index (χ0v) is 13.2. The Morgan fingerprint density at radius 3 is 3.10 bits per heavy atom. The molecule has 3 atom stereocenters. The summed E-state index contributed by atoms with van der Waals surface area (Å²) < 4.78 is 5.51. The molecule has 0 radical (unpaired) electrons. The van der Waals surface area contributed by atoms with Crippen molar-refractivity contribution >= 4 is 0 Å². The Hall–Kier alpha value is -1.06. The van der Waals surface area contributed by atoms with Crippen molar-refractivity contribution in [2.24, 2.45) is 5.92 Å². The molecule has 1 aromatic rings. The lowest BCUT2D eigenvalue weighted by Gasteiger charge is -2.49. The predicted octanol–water partition coefficient (Wildman–Crippen LogP) is 2.67. The van der Waals surface area contributed by atoms with Gasteiger partial charge in [-0.25, -0.2) is 0 Å². The monoisotopic (exact) mass is 286 g/mol. The number of hydrogen-bond donors (Lipinski definition) is 1. The zero-order chi connectivity index (χ0) is 14.4. The third-order valence-corrected chi connectivity index (χ3v) is 5.80. The van der Waals surface area contributed by atoms with Gasteiger partial charge < -0.3 is 10.1 Å². The average Bonchev–Trinajstić information content (AvgIpc) is 2.52. The number of hydrogen-bond acceptors (Lipinski definition) is 3. The molecule has 0 aromatic heterocycles. The molecule has 4 rings (SSSR count). The van der Waals surface area contributed by atoms with Gasteiger partial charge in [-0.2, -0.15) is 0 Å². The van der Waals surface area contributed by atoms with Gasteiger partial charge in [-0.3, -0.25) is 4.90 Å². The molecule has 0 aliphatic carbocycles. The number of nitrogens with one attached hydrogen (secondary N) is 1. The summed E-state index contributed by atoms with van der Waals surface area (Å²) in [6.07, 6.45) is 5.22. The number of rotatable bonds is 1. The molecule has 1 N–H and O–H groups in total. The minimum atomic E-state index is 0.616. The normalized spacial score (nSPS) is 32.0. The molecule has 0 unspecified atom stereocenters. The van der Waals surface area contributed by atoms with Gasteiger partial charge in [-0.15, -0.1) is 0 Å². The van der Waals surface area contributed by atoms with E-state index in [1.807, 2.05) is 0 Å². The lowest BCUT2D eigenvalue weighted by atomic mass is 9.77. The smallest absolute Gasteiger partial charge is 0.122 e. The first-order chi connectivity index (χ1) is 10.3. The highest BCUT2D eigenvalue weighted by Gasteiger charge is 2.39. The molecule has 3 heterocycles. The SMILES string of the molecule is COc1cc2c(cc1C)[C@H]1C[C@@H]3NCCC[C@@H]3CN1CC2. The van der Waals surface area contributed by atoms with E-state index in [1.165, 1.54) is 56.4 Å². The highest BCUT2D eigenvalue weighted by Crippen LogP contribution is 2.42. The standard InChI is InChI=1S/C18H26N2O/c1-12-8-15-13(9-18(12)21-2)5-7-20-11-14-4-3-6-19-16(14)10-17(15)20/h8-9,14,16-17,19H,3-7,10-11H2,1-2H3/t14-,16+,17-/m1/s1. The van der Waals surface area contributed by atoms with Gasteiger partial charge >= 0.3 is 0 Å². The fraction of sp³-hybridized carbons (Fsp3) is 0.667. The van der Waals surface area contributed by atoms with Crippen LogP contribution in [-0.2, 0) is 6.42 Å². The number of piperidine rings is 2. The summed E-state index contributed by atoms with van der Waals surface area (Å²) in [5.74, 6) is 1.92. The van der Waals surface area contributed by atoms with Crippen LogP contribution in [0, 0.1) is 12.8 Å². The molecule has 0 amide bonds. The summed E-state index contributed by atoms with van der Waals surface area (Å²) in [6.45, 7) is 5.88. The molecule has 1 aromatic carbocycles. The lowest BCUT2D eigenvalue weighted by Crippen LogP contribution is -2.54. The molecule has 21 heavy (non-hydrogen) atoms. The van der Waals surface area contributed by atoms with Gasteiger partial charge in [0, 0.05) is 25.2 Å². The summed E-state index contributed by atoms with van der Waals surface area (Å²) in [4.78, 5) is 2.74. The maximum absolute atomic E-state index is 5.51. The Bertz CT molecular complexity index is 542. The van der Waals surface area contributed by atoms with E-state index in [1.54, 1.807) is 12.7 Å². The maximum Gasteiger partial charge on any atom is 0.122 e. The summed E-state index contributed by atoms with van der Waals surface area (Å²) in [5, 5.41) is 3.77. The first-order valence-electron chi connectivity index (χ1n) is 8.41. The van der Waals surface area contributed by atoms with Crippen LogP contribution in [0.15, 0.2) is 12.1 Å². The van der Waals surface area contributed by atoms with Crippen LogP contribution in [0.3, 0.4) is 0 Å². The zero-order valence-electron chi connectivity index (χ0n) is 13.2. The largest absolute Gasteiger partial charge is 0.496 e. The molecule has 0 saturated carbocycles. The summed E-state index contributed by atoms with van der Waals surface area (Å²) in [5.41, 5.74) is 4.34. The van der Waals surface area contributed by atoms with E-state index in [4.69, 9.17) is 4.74 Å². The number of methoxy groups -OCH3 is 1. The fourth-order valence-corrected chi connectivity index (χ4v) is 4.67. The van der Waals surface area contributed by atoms with Crippen molar-refractivity contribution in [2.45, 2.75) is 44.7 Å². The van der Waals surface area contributed by atoms with Crippen molar-refractivity contribution < 1.29 is 4.74 Å². The van der Waals surface area contributed by atoms with Crippen LogP contribution in [0.4, 0.5) is 0 Å². The van der Waals surface area contributed by atoms with Gasteiger partial charge in [-0.1, -0.05) is 6.07 Å². The van der Waals surface area contributed by atoms with E-state index in [-0.39, 0.29) is 0 Å². The number of benzene rings is 1. The maximum atomic E-state index is 5.51. The highest BCUT2D eigenvalue weighted by atomic mass is 16.5. The highest BCUT2D eigenvalue weighted by molar-refractivity contribution is 5.45. The quantitative estimate of drug-likeness (QED) is 0.859. The minimum absolute atomic E-state index is 0.616. The summed E-state index contributed by atoms with van der Waals surface area (Å²) >= 11 is 0. The number of nitrogens with zero attached hydrogens (tertiary/aromatic N) is 1. The Labute approximate surface area is 127 Å². The van der Waals surface area contributed by atoms with Crippen LogP contribution in [0.1, 0.15) is 42.0 Å². The van der Waals surface area contributed by atoms with Crippen molar-refractivity contribution in [3.8, 4) is 5.75 Å². The first-order valence-corrected chi connectivity index (χ1v) is 8.41. The van der Waals surface area contributed by atoms with Gasteiger partial charge in [0.2, 0.25) is 0 Å². The van der Waals surface area contributed by atoms with E-state index < -0.39 is 0 Å². The number of ether oxygens (including phenoxy) is 1. The second-order valence-electron chi connectivity index (χ2n) is 6.98. The fourth-order valence-electron chi connectivity index (χ4n) is 4.67. The molecular formula is C18H26N2O. The molecule has 3 nitrogen and oxygen atoms in total. The molecular weight excluding hydrogens is 260 g/mol. The molecule has 0 spiro atoms. The summed E-state index contributed by atoms with van der Waals surface area (Å²) in [7, 11) is 1.78. The van der Waals surface area contributed by atoms with Gasteiger partial charge in [0.25, 0.3) is 0 Å². The van der Waals surface area contributed by atoms with E-state index in [0.29, 0.717) is 6.04 Å². The van der Waals surface area contributed by atoms with Crippen LogP contribution in [0.5, 0.6) is 5.75 Å². The Balaban J connectivity index is 1.66. The number of fused-ring (bicyclic) bond motifs is 4. The van der Waals surface area contributed by atoms with Crippen molar-refractivity contribution in [3.05, 3.63) is 28.8 Å². The van der Waals surface area contributed by atoms with Crippen molar-refractivity contribution in [1.82, 2.24) is 10.2 Å². The second kappa shape index (κ2) is 5.29. The molecule has 114 valence electrons. The van der Waals surface area contributed by atoms with E-state index in [0.717, 1.165) is 17.7 Å². The van der Waals surface area contributed by atoms with Crippen molar-refractivity contribution in [2.75, 3.05) is 26.7 Å². The van der Waals surface area contributed by atoms with Gasteiger partial charge in [0.15, 0.2) is 0 Å². The third kappa shape index (κ3) is 2.27. The van der Waals surface area contributed by atoms with Gasteiger partial charge in [0.1, 0.15) is 5.75 Å². The molecule has 3 aliphatic rings. The summed E-state index contributed by atoms with van der Waals surface area (Å²) in [6, 6.07) is 6.01. The lowest BCUT2D eigenvalue weighted by molar-refractivity contribution is 0.0551. The Morgan fingerprint density at radius 2 is 2.24 bits per heavy atom. The van der Waals surface area contributed by atoms with Crippen LogP contribution in [-0.4, -0.2) is 37.7 Å². The third-order valence-electron chi connectivity index (χ3n) is 5.80. The van der Waals surface area contributed by atoms with E-state index >= 15 is 0 Å². The van der Waals surface area contributed by atoms with E-state index in [9.17, 15) is 0 Å². The topological polar surface area (TPSA) is 24.5 Å². The molecule has 3 aliphatic heterocycles. The molecule has 0 bridgehead atoms. The molecule has 2 saturated heterocycles. The Kier molecular flexibility index (Phi) is 3.43. The van der Waals surface area contributed by atoms with Crippen LogP contribution in [0.25, 0.3) is 0 Å².